The Bertz CT molecular complexity index is 1040. The number of nitrogens with zero attached hydrogens (tertiary/aromatic N) is 2. The van der Waals surface area contributed by atoms with Crippen molar-refractivity contribution in [2.75, 3.05) is 13.2 Å². The van der Waals surface area contributed by atoms with Crippen molar-refractivity contribution < 1.29 is 13.9 Å². The van der Waals surface area contributed by atoms with Crippen molar-refractivity contribution in [3.8, 4) is 0 Å². The quantitative estimate of drug-likeness (QED) is 0.571. The molecule has 6 heteroatoms. The number of hydrogen-bond donors (Lipinski definition) is 0. The number of carbonyl (C=O) groups excluding carboxylic acids is 1. The van der Waals surface area contributed by atoms with Gasteiger partial charge in [0, 0.05) is 18.7 Å². The second-order valence-electron chi connectivity index (χ2n) is 7.56. The smallest absolute Gasteiger partial charge is 0.279 e. The van der Waals surface area contributed by atoms with Crippen molar-refractivity contribution >= 4 is 27.5 Å². The maximum absolute atomic E-state index is 14.4. The molecule has 1 aromatic heterocycles. The molecule has 0 bridgehead atoms. The molecule has 3 aromatic rings. The third kappa shape index (κ3) is 4.39. The number of thiazole rings is 1. The molecule has 0 spiro atoms. The molecule has 0 saturated carbocycles. The van der Waals surface area contributed by atoms with Crippen LogP contribution in [0.2, 0.25) is 0 Å². The summed E-state index contributed by atoms with van der Waals surface area (Å²) < 4.78 is 22.3. The summed E-state index contributed by atoms with van der Waals surface area (Å²) >= 11 is 1.31. The highest BCUT2D eigenvalue weighted by molar-refractivity contribution is 7.16. The molecular formula is C22H25FN2O2S. The Morgan fingerprint density at radius 3 is 2.54 bits per heavy atom. The molecule has 0 atom stereocenters. The van der Waals surface area contributed by atoms with Crippen LogP contribution in [-0.4, -0.2) is 23.7 Å². The first-order valence-electron chi connectivity index (χ1n) is 9.36. The van der Waals surface area contributed by atoms with Gasteiger partial charge in [-0.05, 0) is 42.2 Å². The first-order valence-corrected chi connectivity index (χ1v) is 10.2. The molecule has 0 aliphatic rings. The van der Waals surface area contributed by atoms with Crippen LogP contribution < -0.4 is 4.80 Å². The fourth-order valence-corrected chi connectivity index (χ4v) is 4.01. The number of aromatic nitrogens is 1. The Balaban J connectivity index is 2.01. The summed E-state index contributed by atoms with van der Waals surface area (Å²) in [5.74, 6) is -0.661. The molecule has 1 heterocycles. The summed E-state index contributed by atoms with van der Waals surface area (Å²) in [6, 6.07) is 12.4. The fraction of sp³-hybridized carbons (Fsp3) is 0.364. The lowest BCUT2D eigenvalue weighted by molar-refractivity contribution is 0.0996. The van der Waals surface area contributed by atoms with E-state index in [1.165, 1.54) is 17.4 Å². The molecule has 0 aliphatic carbocycles. The Morgan fingerprint density at radius 2 is 1.89 bits per heavy atom. The van der Waals surface area contributed by atoms with E-state index in [4.69, 9.17) is 4.74 Å². The van der Waals surface area contributed by atoms with Crippen LogP contribution >= 0.6 is 11.3 Å². The number of carbonyl (C=O) groups is 1. The van der Waals surface area contributed by atoms with Crippen LogP contribution in [0.25, 0.3) is 10.2 Å². The number of ether oxygens (including phenoxy) is 1. The molecule has 0 fully saturated rings. The van der Waals surface area contributed by atoms with E-state index in [-0.39, 0.29) is 17.1 Å². The molecule has 2 aromatic carbocycles. The number of hydrogen-bond acceptors (Lipinski definition) is 3. The van der Waals surface area contributed by atoms with Crippen LogP contribution in [0.5, 0.6) is 0 Å². The van der Waals surface area contributed by atoms with Crippen LogP contribution in [0.3, 0.4) is 0 Å². The highest BCUT2D eigenvalue weighted by Crippen LogP contribution is 2.23. The van der Waals surface area contributed by atoms with E-state index in [9.17, 15) is 9.18 Å². The molecule has 0 saturated heterocycles. The summed E-state index contributed by atoms with van der Waals surface area (Å²) in [5, 5.41) is 0. The monoisotopic (exact) mass is 400 g/mol. The van der Waals surface area contributed by atoms with Crippen LogP contribution in [0.1, 0.15) is 43.6 Å². The van der Waals surface area contributed by atoms with Crippen LogP contribution in [0.4, 0.5) is 4.39 Å². The zero-order valence-electron chi connectivity index (χ0n) is 16.7. The third-order valence-corrected chi connectivity index (χ3v) is 5.55. The van der Waals surface area contributed by atoms with Gasteiger partial charge in [-0.1, -0.05) is 50.3 Å². The number of rotatable bonds is 5. The average Bonchev–Trinajstić information content (AvgIpc) is 3.00. The van der Waals surface area contributed by atoms with Gasteiger partial charge in [-0.15, -0.1) is 0 Å². The van der Waals surface area contributed by atoms with Crippen molar-refractivity contribution in [2.24, 2.45) is 4.99 Å². The second-order valence-corrected chi connectivity index (χ2v) is 8.57. The minimum Gasteiger partial charge on any atom is -0.380 e. The first-order chi connectivity index (χ1) is 13.3. The Morgan fingerprint density at radius 1 is 1.18 bits per heavy atom. The van der Waals surface area contributed by atoms with Gasteiger partial charge >= 0.3 is 0 Å². The van der Waals surface area contributed by atoms with Gasteiger partial charge in [0.1, 0.15) is 5.82 Å². The number of benzene rings is 2. The molecule has 0 aliphatic heterocycles. The Hall–Kier alpha value is -2.31. The molecule has 0 radical (unpaired) electrons. The number of amides is 1. The van der Waals surface area contributed by atoms with E-state index in [0.29, 0.717) is 35.6 Å². The zero-order valence-corrected chi connectivity index (χ0v) is 17.5. The molecule has 0 unspecified atom stereocenters. The van der Waals surface area contributed by atoms with E-state index < -0.39 is 0 Å². The maximum Gasteiger partial charge on any atom is 0.279 e. The number of fused-ring (bicyclic) bond motifs is 1. The second kappa shape index (κ2) is 8.37. The molecule has 0 N–H and O–H groups in total. The van der Waals surface area contributed by atoms with Crippen molar-refractivity contribution in [3.63, 3.8) is 0 Å². The standard InChI is InChI=1S/C22H25FN2O2S/c1-5-27-14-13-25-19-17(23)7-6-8-18(19)28-21(25)24-20(26)15-9-11-16(12-10-15)22(2,3)4/h6-12H,5,13-14H2,1-4H3. The highest BCUT2D eigenvalue weighted by Gasteiger charge is 2.15. The molecule has 28 heavy (non-hydrogen) atoms. The Labute approximate surface area is 168 Å². The molecule has 148 valence electrons. The fourth-order valence-electron chi connectivity index (χ4n) is 2.94. The van der Waals surface area contributed by atoms with Gasteiger partial charge in [-0.3, -0.25) is 4.79 Å². The molecule has 3 rings (SSSR count). The van der Waals surface area contributed by atoms with E-state index >= 15 is 0 Å². The van der Waals surface area contributed by atoms with Gasteiger partial charge in [0.15, 0.2) is 4.80 Å². The highest BCUT2D eigenvalue weighted by atomic mass is 32.1. The lowest BCUT2D eigenvalue weighted by Crippen LogP contribution is -2.20. The maximum atomic E-state index is 14.4. The zero-order chi connectivity index (χ0) is 20.3. The SMILES string of the molecule is CCOCCn1c(=NC(=O)c2ccc(C(C)(C)C)cc2)sc2cccc(F)c21. The van der Waals surface area contributed by atoms with Gasteiger partial charge in [-0.25, -0.2) is 4.39 Å². The average molecular weight is 401 g/mol. The first kappa shape index (κ1) is 20.4. The topological polar surface area (TPSA) is 43.6 Å². The van der Waals surface area contributed by atoms with Crippen molar-refractivity contribution in [1.82, 2.24) is 4.57 Å². The minimum absolute atomic E-state index is 0.0179. The van der Waals surface area contributed by atoms with Gasteiger partial charge in [-0.2, -0.15) is 4.99 Å². The van der Waals surface area contributed by atoms with E-state index in [2.05, 4.69) is 25.8 Å². The number of halogens is 1. The lowest BCUT2D eigenvalue weighted by atomic mass is 9.87. The summed E-state index contributed by atoms with van der Waals surface area (Å²) in [4.78, 5) is 17.5. The predicted molar refractivity (Wildman–Crippen MR) is 111 cm³/mol. The molecular weight excluding hydrogens is 375 g/mol. The van der Waals surface area contributed by atoms with Crippen molar-refractivity contribution in [1.29, 1.82) is 0 Å². The lowest BCUT2D eigenvalue weighted by Gasteiger charge is -2.18. The van der Waals surface area contributed by atoms with E-state index in [1.54, 1.807) is 22.8 Å². The van der Waals surface area contributed by atoms with Gasteiger partial charge < -0.3 is 9.30 Å². The largest absolute Gasteiger partial charge is 0.380 e. The van der Waals surface area contributed by atoms with Crippen molar-refractivity contribution in [3.05, 3.63) is 64.2 Å². The summed E-state index contributed by atoms with van der Waals surface area (Å²) in [7, 11) is 0. The molecule has 1 amide bonds. The predicted octanol–water partition coefficient (Wildman–Crippen LogP) is 4.92. The van der Waals surface area contributed by atoms with Crippen LogP contribution in [0.15, 0.2) is 47.5 Å². The van der Waals surface area contributed by atoms with E-state index in [1.807, 2.05) is 25.1 Å². The third-order valence-electron chi connectivity index (χ3n) is 4.51. The summed E-state index contributed by atoms with van der Waals surface area (Å²) in [5.41, 5.74) is 2.15. The summed E-state index contributed by atoms with van der Waals surface area (Å²) in [6.07, 6.45) is 0. The summed E-state index contributed by atoms with van der Waals surface area (Å²) in [6.45, 7) is 9.73. The van der Waals surface area contributed by atoms with Crippen LogP contribution in [-0.2, 0) is 16.7 Å². The number of para-hydroxylation sites is 1. The normalized spacial score (nSPS) is 12.7. The van der Waals surface area contributed by atoms with Gasteiger partial charge in [0.05, 0.1) is 16.8 Å². The van der Waals surface area contributed by atoms with E-state index in [0.717, 1.165) is 10.3 Å². The minimum atomic E-state index is -0.336. The van der Waals surface area contributed by atoms with Crippen molar-refractivity contribution in [2.45, 2.75) is 39.7 Å². The van der Waals surface area contributed by atoms with Crippen LogP contribution in [0, 0.1) is 5.82 Å². The Kier molecular flexibility index (Phi) is 6.10. The van der Waals surface area contributed by atoms with Gasteiger partial charge in [0.2, 0.25) is 0 Å². The van der Waals surface area contributed by atoms with Gasteiger partial charge in [0.25, 0.3) is 5.91 Å². The molecule has 4 nitrogen and oxygen atoms in total.